The van der Waals surface area contributed by atoms with E-state index in [0.717, 1.165) is 0 Å². The lowest BCUT2D eigenvalue weighted by molar-refractivity contribution is -0.121. The first kappa shape index (κ1) is 18.4. The predicted octanol–water partition coefficient (Wildman–Crippen LogP) is 2.86. The first-order valence-electron chi connectivity index (χ1n) is 8.39. The van der Waals surface area contributed by atoms with E-state index in [1.54, 1.807) is 23.1 Å². The highest BCUT2D eigenvalue weighted by molar-refractivity contribution is 8.16. The molecule has 2 aliphatic heterocycles. The molecule has 25 heavy (non-hydrogen) atoms. The van der Waals surface area contributed by atoms with Gasteiger partial charge in [0.05, 0.1) is 23.2 Å². The van der Waals surface area contributed by atoms with Crippen molar-refractivity contribution in [2.24, 2.45) is 10.9 Å². The summed E-state index contributed by atoms with van der Waals surface area (Å²) < 4.78 is 38.3. The highest BCUT2D eigenvalue weighted by Crippen LogP contribution is 2.41. The number of aliphatic imine (C=N–C) groups is 1. The Bertz CT molecular complexity index is 806. The first-order valence-corrected chi connectivity index (χ1v) is 11.1. The topological polar surface area (TPSA) is 66.8 Å². The van der Waals surface area contributed by atoms with Crippen LogP contribution >= 0.6 is 11.8 Å². The quantitative estimate of drug-likeness (QED) is 0.799. The number of nitrogens with zero attached hydrogens (tertiary/aromatic N) is 2. The Balaban J connectivity index is 2.01. The summed E-state index contributed by atoms with van der Waals surface area (Å²) in [6.45, 7) is 3.87. The molecule has 1 aromatic rings. The van der Waals surface area contributed by atoms with Crippen LogP contribution in [0, 0.1) is 11.7 Å². The van der Waals surface area contributed by atoms with Crippen LogP contribution in [0.2, 0.25) is 0 Å². The van der Waals surface area contributed by atoms with Crippen LogP contribution in [0.1, 0.15) is 26.7 Å². The molecule has 8 heteroatoms. The lowest BCUT2D eigenvalue weighted by Crippen LogP contribution is -2.38. The highest BCUT2D eigenvalue weighted by Gasteiger charge is 2.50. The molecule has 0 radical (unpaired) electrons. The van der Waals surface area contributed by atoms with Crippen LogP contribution < -0.4 is 4.90 Å². The van der Waals surface area contributed by atoms with Crippen LogP contribution in [-0.2, 0) is 14.6 Å². The average Bonchev–Trinajstić information content (AvgIpc) is 3.00. The summed E-state index contributed by atoms with van der Waals surface area (Å²) in [7, 11) is -3.16. The number of hydrogen-bond donors (Lipinski definition) is 0. The van der Waals surface area contributed by atoms with Crippen molar-refractivity contribution in [1.29, 1.82) is 0 Å². The van der Waals surface area contributed by atoms with Gasteiger partial charge in [0.1, 0.15) is 5.82 Å². The summed E-state index contributed by atoms with van der Waals surface area (Å²) in [5, 5.41) is 0.185. The van der Waals surface area contributed by atoms with E-state index in [4.69, 9.17) is 0 Å². The van der Waals surface area contributed by atoms with Crippen LogP contribution in [0.5, 0.6) is 0 Å². The Morgan fingerprint density at radius 1 is 1.32 bits per heavy atom. The normalized spacial score (nSPS) is 26.4. The van der Waals surface area contributed by atoms with E-state index in [9.17, 15) is 17.6 Å². The molecule has 1 amide bonds. The third-order valence-electron chi connectivity index (χ3n) is 4.72. The Morgan fingerprint density at radius 3 is 2.64 bits per heavy atom. The number of rotatable bonds is 4. The SMILES string of the molecule is CCC(CC)C(=O)N=C1S[C@@H]2CS(=O)(=O)C[C@H]2N1c1ccccc1F. The second-order valence-corrected chi connectivity index (χ2v) is 9.73. The van der Waals surface area contributed by atoms with E-state index < -0.39 is 15.7 Å². The minimum Gasteiger partial charge on any atom is -0.313 e. The standard InChI is InChI=1S/C17H21FN2O3S2/c1-3-11(4-2)16(21)19-17-20(13-8-6-5-7-12(13)18)14-9-25(22,23)10-15(14)24-17/h5-8,11,14-15H,3-4,9-10H2,1-2H3/t14-,15-/m1/s1. The maximum Gasteiger partial charge on any atom is 0.251 e. The fraction of sp³-hybridized carbons (Fsp3) is 0.529. The molecule has 0 spiro atoms. The number of para-hydroxylation sites is 1. The number of halogens is 1. The van der Waals surface area contributed by atoms with E-state index in [0.29, 0.717) is 18.0 Å². The van der Waals surface area contributed by atoms with Crippen LogP contribution in [0.25, 0.3) is 0 Å². The second-order valence-electron chi connectivity index (χ2n) is 6.37. The fourth-order valence-corrected chi connectivity index (χ4v) is 7.23. The van der Waals surface area contributed by atoms with Crippen molar-refractivity contribution in [2.75, 3.05) is 16.4 Å². The van der Waals surface area contributed by atoms with Gasteiger partial charge in [-0.3, -0.25) is 4.79 Å². The van der Waals surface area contributed by atoms with Crippen molar-refractivity contribution in [3.8, 4) is 0 Å². The third kappa shape index (κ3) is 3.60. The number of thioether (sulfide) groups is 1. The van der Waals surface area contributed by atoms with Gasteiger partial charge in [-0.25, -0.2) is 12.8 Å². The van der Waals surface area contributed by atoms with Gasteiger partial charge in [0, 0.05) is 11.2 Å². The molecular formula is C17H21FN2O3S2. The van der Waals surface area contributed by atoms with Crippen molar-refractivity contribution in [3.63, 3.8) is 0 Å². The van der Waals surface area contributed by atoms with Gasteiger partial charge in [0.25, 0.3) is 5.91 Å². The van der Waals surface area contributed by atoms with Gasteiger partial charge < -0.3 is 4.90 Å². The van der Waals surface area contributed by atoms with E-state index in [-0.39, 0.29) is 40.3 Å². The summed E-state index contributed by atoms with van der Waals surface area (Å²) >= 11 is 1.27. The number of hydrogen-bond acceptors (Lipinski definition) is 4. The van der Waals surface area contributed by atoms with Gasteiger partial charge in [-0.05, 0) is 25.0 Å². The van der Waals surface area contributed by atoms with Crippen LogP contribution in [0.15, 0.2) is 29.3 Å². The van der Waals surface area contributed by atoms with Gasteiger partial charge in [0.2, 0.25) is 0 Å². The van der Waals surface area contributed by atoms with E-state index in [1.165, 1.54) is 17.8 Å². The predicted molar refractivity (Wildman–Crippen MR) is 99.2 cm³/mol. The van der Waals surface area contributed by atoms with Crippen molar-refractivity contribution in [1.82, 2.24) is 0 Å². The largest absolute Gasteiger partial charge is 0.313 e. The van der Waals surface area contributed by atoms with Crippen molar-refractivity contribution in [3.05, 3.63) is 30.1 Å². The second kappa shape index (κ2) is 7.07. The number of carbonyl (C=O) groups excluding carboxylic acids is 1. The Kier molecular flexibility index (Phi) is 5.20. The number of carbonyl (C=O) groups is 1. The minimum absolute atomic E-state index is 0.0332. The zero-order valence-corrected chi connectivity index (χ0v) is 15.8. The Hall–Kier alpha value is -1.41. The molecule has 2 saturated heterocycles. The lowest BCUT2D eigenvalue weighted by atomic mass is 10.0. The van der Waals surface area contributed by atoms with Gasteiger partial charge in [-0.1, -0.05) is 37.7 Å². The van der Waals surface area contributed by atoms with Crippen LogP contribution in [0.4, 0.5) is 10.1 Å². The van der Waals surface area contributed by atoms with Gasteiger partial charge in [-0.15, -0.1) is 0 Å². The van der Waals surface area contributed by atoms with E-state index in [1.807, 2.05) is 13.8 Å². The number of sulfone groups is 1. The van der Waals surface area contributed by atoms with Crippen molar-refractivity contribution in [2.45, 2.75) is 38.0 Å². The highest BCUT2D eigenvalue weighted by atomic mass is 32.2. The van der Waals surface area contributed by atoms with Crippen LogP contribution in [-0.4, -0.2) is 42.3 Å². The molecule has 0 bridgehead atoms. The molecule has 0 N–H and O–H groups in total. The summed E-state index contributed by atoms with van der Waals surface area (Å²) in [4.78, 5) is 18.3. The lowest BCUT2D eigenvalue weighted by Gasteiger charge is -2.25. The number of amides is 1. The Morgan fingerprint density at radius 2 is 2.00 bits per heavy atom. The molecule has 0 aliphatic carbocycles. The summed E-state index contributed by atoms with van der Waals surface area (Å²) in [6, 6.07) is 5.81. The molecule has 2 fully saturated rings. The molecule has 3 rings (SSSR count). The molecule has 0 unspecified atom stereocenters. The fourth-order valence-electron chi connectivity index (χ4n) is 3.32. The van der Waals surface area contributed by atoms with Gasteiger partial charge in [0.15, 0.2) is 15.0 Å². The molecule has 1 aromatic carbocycles. The minimum atomic E-state index is -3.16. The van der Waals surface area contributed by atoms with Crippen LogP contribution in [0.3, 0.4) is 0 Å². The zero-order chi connectivity index (χ0) is 18.2. The molecule has 2 aliphatic rings. The molecule has 0 aromatic heterocycles. The maximum atomic E-state index is 14.4. The molecule has 136 valence electrons. The molecule has 2 heterocycles. The van der Waals surface area contributed by atoms with Crippen molar-refractivity contribution >= 4 is 38.4 Å². The third-order valence-corrected chi connectivity index (χ3v) is 7.93. The number of anilines is 1. The molecular weight excluding hydrogens is 363 g/mol. The maximum absolute atomic E-state index is 14.4. The van der Waals surface area contributed by atoms with Crippen molar-refractivity contribution < 1.29 is 17.6 Å². The number of benzene rings is 1. The molecule has 0 saturated carbocycles. The summed E-state index contributed by atoms with van der Waals surface area (Å²) in [5.41, 5.74) is 0.274. The number of fused-ring (bicyclic) bond motifs is 1. The van der Waals surface area contributed by atoms with E-state index in [2.05, 4.69) is 4.99 Å². The van der Waals surface area contributed by atoms with E-state index >= 15 is 0 Å². The summed E-state index contributed by atoms with van der Waals surface area (Å²) in [6.07, 6.45) is 1.38. The average molecular weight is 384 g/mol. The zero-order valence-electron chi connectivity index (χ0n) is 14.2. The first-order chi connectivity index (χ1) is 11.9. The Labute approximate surface area is 151 Å². The van der Waals surface area contributed by atoms with Gasteiger partial charge in [-0.2, -0.15) is 4.99 Å². The molecule has 2 atom stereocenters. The van der Waals surface area contributed by atoms with Gasteiger partial charge >= 0.3 is 0 Å². The monoisotopic (exact) mass is 384 g/mol. The summed E-state index contributed by atoms with van der Waals surface area (Å²) in [5.74, 6) is -0.852. The molecule has 5 nitrogen and oxygen atoms in total. The smallest absolute Gasteiger partial charge is 0.251 e. The number of amidine groups is 1.